The third kappa shape index (κ3) is 15.5. The molecule has 0 bridgehead atoms. The van der Waals surface area contributed by atoms with E-state index in [1.807, 2.05) is 59.6 Å². The summed E-state index contributed by atoms with van der Waals surface area (Å²) in [6, 6.07) is 33.2. The normalized spacial score (nSPS) is 14.3. The molecule has 4 aromatic carbocycles. The Bertz CT molecular complexity index is 2980. The van der Waals surface area contributed by atoms with Crippen molar-refractivity contribution in [1.82, 2.24) is 65.0 Å². The summed E-state index contributed by atoms with van der Waals surface area (Å²) in [6.07, 6.45) is 0. The first kappa shape index (κ1) is 57.2. The van der Waals surface area contributed by atoms with E-state index in [4.69, 9.17) is 8.83 Å². The van der Waals surface area contributed by atoms with Crippen molar-refractivity contribution in [3.8, 4) is 46.3 Å². The number of halogens is 1. The zero-order valence-corrected chi connectivity index (χ0v) is 48.4. The van der Waals surface area contributed by atoms with Gasteiger partial charge in [0.1, 0.15) is 11.6 Å². The summed E-state index contributed by atoms with van der Waals surface area (Å²) < 4.78 is 16.5. The Labute approximate surface area is 464 Å². The molecule has 8 aromatic rings. The average Bonchev–Trinajstić information content (AvgIpc) is 4.18. The van der Waals surface area contributed by atoms with E-state index in [0.717, 1.165) is 72.1 Å². The van der Waals surface area contributed by atoms with E-state index < -0.39 is 0 Å². The van der Waals surface area contributed by atoms with E-state index in [9.17, 15) is 0 Å². The number of benzene rings is 4. The van der Waals surface area contributed by atoms with Crippen LogP contribution in [0.3, 0.4) is 0 Å². The second-order valence-electron chi connectivity index (χ2n) is 20.4. The molecular weight excluding hydrogens is 1160 g/mol. The third-order valence-electron chi connectivity index (χ3n) is 12.6. The molecule has 0 radical (unpaired) electrons. The molecule has 0 spiro atoms. The Morgan fingerprint density at radius 3 is 1.40 bits per heavy atom. The molecule has 0 atom stereocenters. The molecule has 19 heteroatoms. The molecule has 0 saturated carbocycles. The van der Waals surface area contributed by atoms with Crippen LogP contribution in [0.1, 0.15) is 75.4 Å². The van der Waals surface area contributed by atoms with Crippen LogP contribution in [0.5, 0.6) is 0 Å². The van der Waals surface area contributed by atoms with Gasteiger partial charge in [0.2, 0.25) is 23.4 Å². The van der Waals surface area contributed by atoms with Crippen molar-refractivity contribution in [2.45, 2.75) is 79.3 Å². The first-order valence-corrected chi connectivity index (χ1v) is 25.1. The van der Waals surface area contributed by atoms with Gasteiger partial charge in [-0.15, -0.1) is 30.6 Å². The topological polar surface area (TPSA) is 161 Å². The van der Waals surface area contributed by atoms with E-state index in [1.54, 1.807) is 0 Å². The Kier molecular flexibility index (Phi) is 19.9. The summed E-state index contributed by atoms with van der Waals surface area (Å²) in [5.74, 6) is 4.04. The molecule has 390 valence electrons. The Morgan fingerprint density at radius 1 is 0.548 bits per heavy atom. The average molecular weight is 1230 g/mol. The Morgan fingerprint density at radius 2 is 0.973 bits per heavy atom. The summed E-state index contributed by atoms with van der Waals surface area (Å²) in [7, 11) is 4.33. The molecule has 0 aliphatic carbocycles. The van der Waals surface area contributed by atoms with Gasteiger partial charge in [-0.1, -0.05) is 106 Å². The molecule has 2 aliphatic rings. The van der Waals surface area contributed by atoms with E-state index in [1.165, 1.54) is 35.5 Å². The van der Waals surface area contributed by atoms with Gasteiger partial charge >= 0.3 is 0 Å². The van der Waals surface area contributed by atoms with Crippen LogP contribution < -0.4 is 10.2 Å². The van der Waals surface area contributed by atoms with Crippen LogP contribution in [0.15, 0.2) is 110 Å². The van der Waals surface area contributed by atoms with Crippen molar-refractivity contribution in [2.75, 3.05) is 71.4 Å². The molecule has 2 aliphatic heterocycles. The molecular formula is C54H67BrN14O2PdRu. The molecule has 6 heterocycles. The number of nitrogens with zero attached hydrogens (tertiary/aromatic N) is 13. The largest absolute Gasteiger partial charge is 0.413 e. The summed E-state index contributed by atoms with van der Waals surface area (Å²) in [4.78, 5) is 16.2. The van der Waals surface area contributed by atoms with Gasteiger partial charge in [-0.3, -0.25) is 0 Å². The Hall–Kier alpha value is -5.11. The second-order valence-corrected chi connectivity index (χ2v) is 21.3. The van der Waals surface area contributed by atoms with Crippen molar-refractivity contribution < 1.29 is 48.7 Å². The van der Waals surface area contributed by atoms with Crippen molar-refractivity contribution in [1.29, 1.82) is 0 Å². The maximum absolute atomic E-state index is 5.94. The molecule has 4 aromatic heterocycles. The zero-order chi connectivity index (χ0) is 50.3. The fourth-order valence-corrected chi connectivity index (χ4v) is 8.53. The second kappa shape index (κ2) is 25.4. The van der Waals surface area contributed by atoms with Crippen molar-refractivity contribution in [3.63, 3.8) is 0 Å². The summed E-state index contributed by atoms with van der Waals surface area (Å²) >= 11 is 3.50. The smallest absolute Gasteiger partial charge is 0.287 e. The first-order valence-electron chi connectivity index (χ1n) is 24.3. The van der Waals surface area contributed by atoms with Crippen LogP contribution in [-0.2, 0) is 63.8 Å². The number of likely N-dealkylation sites (N-methyl/N-ethyl adjacent to an activating group) is 2. The van der Waals surface area contributed by atoms with E-state index in [2.05, 4.69) is 193 Å². The minimum atomic E-state index is 0. The fraction of sp³-hybridized carbons (Fsp3) is 0.407. The van der Waals surface area contributed by atoms with Gasteiger partial charge in [0.05, 0.1) is 13.1 Å². The minimum absolute atomic E-state index is 0. The van der Waals surface area contributed by atoms with Crippen LogP contribution in [0, 0.1) is 13.8 Å². The molecule has 10 rings (SSSR count). The molecule has 2 saturated heterocycles. The van der Waals surface area contributed by atoms with Crippen molar-refractivity contribution in [3.05, 3.63) is 135 Å². The molecule has 1 N–H and O–H groups in total. The number of anilines is 1. The molecule has 0 amide bonds. The standard InChI is InChI=1S/C27H33N7O.C22H22BrN5O.C5H12N2.Pd.Ru/c1-19-28-24(26-30-29-25(35-26)21-9-11-22(12-10-21)27(2,3)4)31-34(19)18-20-7-6-8-23(17-20)33-15-13-32(5)14-16-33;1-14-24-19(27-28(14)13-15-6-5-7-18(23)12-15)21-26-25-20(29-21)16-8-10-17(11-9-16)22(2,3)4;1-7-4-2-6-3-5-7;;/h6-12,17H,13-16,18H2,1-5H3;5-12H,13H2,1-4H3;6H,2-5H2,1H3;;. The predicted molar refractivity (Wildman–Crippen MR) is 283 cm³/mol. The van der Waals surface area contributed by atoms with Gasteiger partial charge in [-0.25, -0.2) is 19.3 Å². The number of piperazine rings is 2. The van der Waals surface area contributed by atoms with Gasteiger partial charge in [0, 0.05) is 114 Å². The van der Waals surface area contributed by atoms with E-state index >= 15 is 0 Å². The van der Waals surface area contributed by atoms with Crippen LogP contribution in [0.4, 0.5) is 5.69 Å². The first-order chi connectivity index (χ1) is 33.9. The summed E-state index contributed by atoms with van der Waals surface area (Å²) in [6.45, 7) is 27.3. The molecule has 0 unspecified atom stereocenters. The number of aryl methyl sites for hydroxylation is 2. The van der Waals surface area contributed by atoms with Crippen molar-refractivity contribution >= 4 is 21.6 Å². The van der Waals surface area contributed by atoms with Crippen LogP contribution >= 0.6 is 15.9 Å². The van der Waals surface area contributed by atoms with Gasteiger partial charge in [0.15, 0.2) is 0 Å². The molecule has 73 heavy (non-hydrogen) atoms. The van der Waals surface area contributed by atoms with Gasteiger partial charge in [0.25, 0.3) is 11.8 Å². The SMILES string of the molecule is CN1CCNCC1.Cc1nc(-c2nnc(-c3ccc(C(C)(C)C)cc3)o2)nn1Cc1cccc(Br)c1.Cc1nc(-c2nnc(-c3ccc(C(C)(C)C)cc3)o2)nn1Cc1cccc(N2CCN(C)CC2)c1.[Pd].[Ru]. The van der Waals surface area contributed by atoms with Crippen molar-refractivity contribution in [2.24, 2.45) is 0 Å². The summed E-state index contributed by atoms with van der Waals surface area (Å²) in [5, 5.41) is 29.3. The maximum atomic E-state index is 5.94. The van der Waals surface area contributed by atoms with Crippen LogP contribution in [0.25, 0.3) is 46.3 Å². The third-order valence-corrected chi connectivity index (χ3v) is 13.1. The number of rotatable bonds is 9. The number of aromatic nitrogens is 10. The van der Waals surface area contributed by atoms with Gasteiger partial charge in [-0.2, -0.15) is 0 Å². The predicted octanol–water partition coefficient (Wildman–Crippen LogP) is 9.33. The number of hydrogen-bond donors (Lipinski definition) is 1. The monoisotopic (exact) mass is 1230 g/mol. The van der Waals surface area contributed by atoms with Gasteiger partial charge in [-0.05, 0) is 110 Å². The minimum Gasteiger partial charge on any atom is -0.413 e. The van der Waals surface area contributed by atoms with E-state index in [0.29, 0.717) is 48.3 Å². The number of hydrogen-bond acceptors (Lipinski definition) is 14. The fourth-order valence-electron chi connectivity index (χ4n) is 8.08. The molecule has 2 fully saturated rings. The molecule has 16 nitrogen and oxygen atoms in total. The van der Waals surface area contributed by atoms with E-state index in [-0.39, 0.29) is 50.7 Å². The number of nitrogens with one attached hydrogen (secondary N) is 1. The quantitative estimate of drug-likeness (QED) is 0.136. The maximum Gasteiger partial charge on any atom is 0.287 e. The van der Waals surface area contributed by atoms with Crippen LogP contribution in [0.2, 0.25) is 0 Å². The zero-order valence-electron chi connectivity index (χ0n) is 43.5. The Balaban J connectivity index is 0.000000207. The summed E-state index contributed by atoms with van der Waals surface area (Å²) in [5.41, 5.74) is 8.04. The van der Waals surface area contributed by atoms with Gasteiger partial charge < -0.3 is 28.9 Å². The van der Waals surface area contributed by atoms with Crippen LogP contribution in [-0.4, -0.2) is 126 Å².